The van der Waals surface area contributed by atoms with Crippen LogP contribution in [0.5, 0.6) is 0 Å². The zero-order chi connectivity index (χ0) is 14.3. The fraction of sp³-hybridized carbons (Fsp3) is 0.389. The molecule has 20 heavy (non-hydrogen) atoms. The molecule has 1 saturated carbocycles. The van der Waals surface area contributed by atoms with Crippen molar-refractivity contribution in [2.75, 3.05) is 0 Å². The molecule has 0 saturated heterocycles. The third-order valence-corrected chi connectivity index (χ3v) is 4.84. The van der Waals surface area contributed by atoms with Gasteiger partial charge in [0.25, 0.3) is 0 Å². The Bertz CT molecular complexity index is 629. The number of rotatable bonds is 3. The van der Waals surface area contributed by atoms with E-state index in [0.29, 0.717) is 5.92 Å². The maximum atomic E-state index is 6.35. The van der Waals surface area contributed by atoms with Crippen molar-refractivity contribution in [1.29, 1.82) is 0 Å². The molecule has 1 aromatic carbocycles. The van der Waals surface area contributed by atoms with Crippen molar-refractivity contribution < 1.29 is 0 Å². The smallest absolute Gasteiger partial charge is 0.0443 e. The summed E-state index contributed by atoms with van der Waals surface area (Å²) in [6.45, 7) is 6.52. The first-order chi connectivity index (χ1) is 9.49. The van der Waals surface area contributed by atoms with Gasteiger partial charge in [0, 0.05) is 16.4 Å². The van der Waals surface area contributed by atoms with Gasteiger partial charge in [-0.1, -0.05) is 36.7 Å². The van der Waals surface area contributed by atoms with Crippen molar-refractivity contribution >= 4 is 11.6 Å². The van der Waals surface area contributed by atoms with Gasteiger partial charge in [0.1, 0.15) is 0 Å². The van der Waals surface area contributed by atoms with E-state index in [2.05, 4.69) is 50.0 Å². The summed E-state index contributed by atoms with van der Waals surface area (Å²) in [6.07, 6.45) is 2.25. The highest BCUT2D eigenvalue weighted by Gasteiger charge is 2.51. The van der Waals surface area contributed by atoms with E-state index in [-0.39, 0.29) is 5.41 Å². The van der Waals surface area contributed by atoms with Gasteiger partial charge in [0.2, 0.25) is 0 Å². The Labute approximate surface area is 126 Å². The highest BCUT2D eigenvalue weighted by molar-refractivity contribution is 6.31. The average molecular weight is 286 g/mol. The molecule has 0 unspecified atom stereocenters. The first kappa shape index (κ1) is 13.6. The Kier molecular flexibility index (Phi) is 3.33. The SMILES string of the molecule is Cc1cc(C)nc(C[C@@H]2C[C@@]2(C)c2ccccc2Cl)c1. The predicted molar refractivity (Wildman–Crippen MR) is 84.3 cm³/mol. The third kappa shape index (κ3) is 2.47. The zero-order valence-corrected chi connectivity index (χ0v) is 13.0. The van der Waals surface area contributed by atoms with Gasteiger partial charge in [0.15, 0.2) is 0 Å². The standard InChI is InChI=1S/C18H20ClN/c1-12-8-13(2)20-15(9-12)10-14-11-18(14,3)16-6-4-5-7-17(16)19/h4-9,14H,10-11H2,1-3H3/t14-,18-/m1/s1. The topological polar surface area (TPSA) is 12.9 Å². The van der Waals surface area contributed by atoms with Crippen LogP contribution in [0, 0.1) is 19.8 Å². The summed E-state index contributed by atoms with van der Waals surface area (Å²) in [7, 11) is 0. The number of aromatic nitrogens is 1. The van der Waals surface area contributed by atoms with Gasteiger partial charge < -0.3 is 0 Å². The van der Waals surface area contributed by atoms with Gasteiger partial charge in [-0.15, -0.1) is 0 Å². The predicted octanol–water partition coefficient (Wildman–Crippen LogP) is 4.87. The van der Waals surface area contributed by atoms with E-state index in [9.17, 15) is 0 Å². The number of hydrogen-bond donors (Lipinski definition) is 0. The average Bonchev–Trinajstić information content (AvgIpc) is 2.99. The zero-order valence-electron chi connectivity index (χ0n) is 12.3. The fourth-order valence-electron chi connectivity index (χ4n) is 3.29. The van der Waals surface area contributed by atoms with Gasteiger partial charge in [-0.3, -0.25) is 4.98 Å². The summed E-state index contributed by atoms with van der Waals surface area (Å²) in [6, 6.07) is 12.6. The maximum absolute atomic E-state index is 6.35. The lowest BCUT2D eigenvalue weighted by Crippen LogP contribution is -2.08. The van der Waals surface area contributed by atoms with E-state index >= 15 is 0 Å². The highest BCUT2D eigenvalue weighted by atomic mass is 35.5. The first-order valence-corrected chi connectivity index (χ1v) is 7.56. The van der Waals surface area contributed by atoms with E-state index in [0.717, 1.165) is 17.1 Å². The maximum Gasteiger partial charge on any atom is 0.0443 e. The molecule has 2 atom stereocenters. The number of hydrogen-bond acceptors (Lipinski definition) is 1. The summed E-state index contributed by atoms with van der Waals surface area (Å²) in [5.74, 6) is 0.649. The van der Waals surface area contributed by atoms with E-state index in [1.54, 1.807) is 0 Å². The lowest BCUT2D eigenvalue weighted by Gasteiger charge is -2.14. The van der Waals surface area contributed by atoms with Crippen molar-refractivity contribution in [2.24, 2.45) is 5.92 Å². The van der Waals surface area contributed by atoms with Gasteiger partial charge in [-0.05, 0) is 67.3 Å². The van der Waals surface area contributed by atoms with Crippen LogP contribution < -0.4 is 0 Å². The van der Waals surface area contributed by atoms with Crippen LogP contribution in [0.4, 0.5) is 0 Å². The van der Waals surface area contributed by atoms with Crippen LogP contribution in [0.1, 0.15) is 35.9 Å². The molecule has 1 fully saturated rings. The molecule has 0 N–H and O–H groups in total. The molecule has 1 aliphatic carbocycles. The fourth-order valence-corrected chi connectivity index (χ4v) is 3.64. The molecule has 104 valence electrons. The summed E-state index contributed by atoms with van der Waals surface area (Å²) < 4.78 is 0. The molecular formula is C18H20ClN. The lowest BCUT2D eigenvalue weighted by atomic mass is 9.93. The number of benzene rings is 1. The molecule has 1 nitrogen and oxygen atoms in total. The van der Waals surface area contributed by atoms with Crippen molar-refractivity contribution in [3.05, 3.63) is 63.9 Å². The van der Waals surface area contributed by atoms with E-state index in [1.807, 2.05) is 12.1 Å². The molecule has 0 amide bonds. The van der Waals surface area contributed by atoms with Gasteiger partial charge in [-0.2, -0.15) is 0 Å². The number of halogens is 1. The Morgan fingerprint density at radius 2 is 2.00 bits per heavy atom. The summed E-state index contributed by atoms with van der Waals surface area (Å²) in [4.78, 5) is 4.66. The molecular weight excluding hydrogens is 266 g/mol. The van der Waals surface area contributed by atoms with Gasteiger partial charge in [0.05, 0.1) is 0 Å². The molecule has 0 radical (unpaired) electrons. The Morgan fingerprint density at radius 3 is 2.70 bits per heavy atom. The summed E-state index contributed by atoms with van der Waals surface area (Å²) >= 11 is 6.35. The Balaban J connectivity index is 1.80. The van der Waals surface area contributed by atoms with E-state index in [1.165, 1.54) is 23.2 Å². The van der Waals surface area contributed by atoms with Crippen LogP contribution in [0.3, 0.4) is 0 Å². The molecule has 1 aromatic heterocycles. The normalized spacial score (nSPS) is 24.7. The summed E-state index contributed by atoms with van der Waals surface area (Å²) in [5, 5.41) is 0.894. The third-order valence-electron chi connectivity index (χ3n) is 4.51. The molecule has 3 rings (SSSR count). The van der Waals surface area contributed by atoms with Crippen molar-refractivity contribution in [3.8, 4) is 0 Å². The van der Waals surface area contributed by atoms with Crippen LogP contribution in [0.2, 0.25) is 5.02 Å². The quantitative estimate of drug-likeness (QED) is 0.784. The lowest BCUT2D eigenvalue weighted by molar-refractivity contribution is 0.647. The molecule has 2 heteroatoms. The number of nitrogens with zero attached hydrogens (tertiary/aromatic N) is 1. The second-order valence-corrected chi connectivity index (χ2v) is 6.69. The van der Waals surface area contributed by atoms with Gasteiger partial charge >= 0.3 is 0 Å². The second-order valence-electron chi connectivity index (χ2n) is 6.28. The Hall–Kier alpha value is -1.34. The van der Waals surface area contributed by atoms with Crippen molar-refractivity contribution in [1.82, 2.24) is 4.98 Å². The van der Waals surface area contributed by atoms with Crippen LogP contribution in [-0.2, 0) is 11.8 Å². The second kappa shape index (κ2) is 4.89. The van der Waals surface area contributed by atoms with Crippen LogP contribution in [0.25, 0.3) is 0 Å². The number of aryl methyl sites for hydroxylation is 2. The Morgan fingerprint density at radius 1 is 1.25 bits per heavy atom. The van der Waals surface area contributed by atoms with Crippen molar-refractivity contribution in [3.63, 3.8) is 0 Å². The van der Waals surface area contributed by atoms with Crippen LogP contribution in [-0.4, -0.2) is 4.98 Å². The molecule has 1 aliphatic rings. The monoisotopic (exact) mass is 285 g/mol. The van der Waals surface area contributed by atoms with E-state index in [4.69, 9.17) is 11.6 Å². The summed E-state index contributed by atoms with van der Waals surface area (Å²) in [5.41, 5.74) is 5.13. The minimum Gasteiger partial charge on any atom is -0.258 e. The largest absolute Gasteiger partial charge is 0.258 e. The minimum atomic E-state index is 0.220. The first-order valence-electron chi connectivity index (χ1n) is 7.18. The van der Waals surface area contributed by atoms with Gasteiger partial charge in [-0.25, -0.2) is 0 Å². The molecule has 1 heterocycles. The molecule has 0 spiro atoms. The molecule has 0 aliphatic heterocycles. The van der Waals surface area contributed by atoms with E-state index < -0.39 is 0 Å². The highest BCUT2D eigenvalue weighted by Crippen LogP contribution is 2.56. The minimum absolute atomic E-state index is 0.220. The number of pyridine rings is 1. The van der Waals surface area contributed by atoms with Crippen molar-refractivity contribution in [2.45, 2.75) is 39.0 Å². The molecule has 0 bridgehead atoms. The van der Waals surface area contributed by atoms with Crippen LogP contribution >= 0.6 is 11.6 Å². The molecule has 2 aromatic rings. The van der Waals surface area contributed by atoms with Crippen LogP contribution in [0.15, 0.2) is 36.4 Å².